The molecule has 1 aliphatic rings. The second kappa shape index (κ2) is 4.86. The van der Waals surface area contributed by atoms with Crippen molar-refractivity contribution in [3.63, 3.8) is 0 Å². The number of nitrogens with zero attached hydrogens (tertiary/aromatic N) is 1. The SMILES string of the molecule is COc1c(Cl)ccc(N2C(=O)c3ccccc3C2=O)c1F. The molecule has 0 aliphatic carbocycles. The standard InChI is InChI=1S/C15H9ClFNO3/c1-21-13-10(16)6-7-11(12(13)17)18-14(19)8-4-2-3-5-9(8)15(18)20/h2-7H,1H3. The zero-order valence-corrected chi connectivity index (χ0v) is 11.6. The van der Waals surface area contributed by atoms with Crippen LogP contribution in [0.25, 0.3) is 0 Å². The molecule has 2 aromatic carbocycles. The van der Waals surface area contributed by atoms with Crippen LogP contribution in [-0.4, -0.2) is 18.9 Å². The molecule has 2 amide bonds. The fourth-order valence-corrected chi connectivity index (χ4v) is 2.51. The summed E-state index contributed by atoms with van der Waals surface area (Å²) in [5, 5.41) is 0.0651. The van der Waals surface area contributed by atoms with Crippen LogP contribution < -0.4 is 9.64 Å². The number of fused-ring (bicyclic) bond motifs is 1. The van der Waals surface area contributed by atoms with E-state index in [-0.39, 0.29) is 27.6 Å². The van der Waals surface area contributed by atoms with Crippen LogP contribution in [0.1, 0.15) is 20.7 Å². The first-order valence-corrected chi connectivity index (χ1v) is 6.44. The van der Waals surface area contributed by atoms with Gasteiger partial charge in [0.25, 0.3) is 11.8 Å². The number of rotatable bonds is 2. The molecular formula is C15H9ClFNO3. The topological polar surface area (TPSA) is 46.6 Å². The van der Waals surface area contributed by atoms with Crippen molar-refractivity contribution in [2.75, 3.05) is 12.0 Å². The van der Waals surface area contributed by atoms with E-state index in [4.69, 9.17) is 16.3 Å². The monoisotopic (exact) mass is 305 g/mol. The van der Waals surface area contributed by atoms with Crippen molar-refractivity contribution in [1.29, 1.82) is 0 Å². The number of carbonyl (C=O) groups excluding carboxylic acids is 2. The van der Waals surface area contributed by atoms with Crippen LogP contribution in [0.3, 0.4) is 0 Å². The fourth-order valence-electron chi connectivity index (χ4n) is 2.29. The van der Waals surface area contributed by atoms with Gasteiger partial charge in [0, 0.05) is 0 Å². The Labute approximate surface area is 124 Å². The minimum atomic E-state index is -0.848. The van der Waals surface area contributed by atoms with Crippen molar-refractivity contribution in [1.82, 2.24) is 0 Å². The van der Waals surface area contributed by atoms with E-state index in [2.05, 4.69) is 0 Å². The van der Waals surface area contributed by atoms with Crippen molar-refractivity contribution in [2.24, 2.45) is 0 Å². The maximum Gasteiger partial charge on any atom is 0.266 e. The van der Waals surface area contributed by atoms with Gasteiger partial charge in [-0.1, -0.05) is 23.7 Å². The second-order valence-electron chi connectivity index (χ2n) is 4.41. The maximum absolute atomic E-state index is 14.4. The molecule has 0 saturated carbocycles. The van der Waals surface area contributed by atoms with Crippen LogP contribution in [0.4, 0.5) is 10.1 Å². The van der Waals surface area contributed by atoms with E-state index in [1.165, 1.54) is 31.4 Å². The lowest BCUT2D eigenvalue weighted by molar-refractivity contribution is 0.0925. The van der Waals surface area contributed by atoms with Gasteiger partial charge in [0.1, 0.15) is 0 Å². The van der Waals surface area contributed by atoms with Gasteiger partial charge in [-0.2, -0.15) is 0 Å². The van der Waals surface area contributed by atoms with Crippen LogP contribution in [-0.2, 0) is 0 Å². The minimum absolute atomic E-state index is 0.0651. The summed E-state index contributed by atoms with van der Waals surface area (Å²) in [6.07, 6.45) is 0. The molecule has 0 radical (unpaired) electrons. The number of imide groups is 1. The summed E-state index contributed by atoms with van der Waals surface area (Å²) in [5.74, 6) is -2.19. The summed E-state index contributed by atoms with van der Waals surface area (Å²) in [6, 6.07) is 9.00. The Balaban J connectivity index is 2.16. The van der Waals surface area contributed by atoms with Crippen LogP contribution in [0.5, 0.6) is 5.75 Å². The third-order valence-corrected chi connectivity index (χ3v) is 3.57. The number of benzene rings is 2. The molecule has 0 fully saturated rings. The van der Waals surface area contributed by atoms with Gasteiger partial charge in [0.15, 0.2) is 11.6 Å². The summed E-state index contributed by atoms with van der Waals surface area (Å²) in [6.45, 7) is 0. The average molecular weight is 306 g/mol. The molecular weight excluding hydrogens is 297 g/mol. The summed E-state index contributed by atoms with van der Waals surface area (Å²) in [5.41, 5.74) is 0.314. The van der Waals surface area contributed by atoms with Crippen molar-refractivity contribution in [3.05, 3.63) is 58.4 Å². The highest BCUT2D eigenvalue weighted by molar-refractivity contribution is 6.35. The van der Waals surface area contributed by atoms with E-state index >= 15 is 0 Å². The van der Waals surface area contributed by atoms with Gasteiger partial charge in [0.2, 0.25) is 0 Å². The Hall–Kier alpha value is -2.40. The number of methoxy groups -OCH3 is 1. The lowest BCUT2D eigenvalue weighted by Crippen LogP contribution is -2.30. The fraction of sp³-hybridized carbons (Fsp3) is 0.0667. The smallest absolute Gasteiger partial charge is 0.266 e. The number of hydrogen-bond donors (Lipinski definition) is 0. The molecule has 1 heterocycles. The second-order valence-corrected chi connectivity index (χ2v) is 4.81. The highest BCUT2D eigenvalue weighted by Gasteiger charge is 2.38. The number of carbonyl (C=O) groups is 2. The predicted octanol–water partition coefficient (Wildman–Crippen LogP) is 3.29. The largest absolute Gasteiger partial charge is 0.492 e. The number of amides is 2. The molecule has 0 unspecified atom stereocenters. The highest BCUT2D eigenvalue weighted by Crippen LogP contribution is 2.37. The number of ether oxygens (including phenoxy) is 1. The van der Waals surface area contributed by atoms with Gasteiger partial charge in [-0.05, 0) is 24.3 Å². The third kappa shape index (κ3) is 1.89. The molecule has 0 atom stereocenters. The summed E-state index contributed by atoms with van der Waals surface area (Å²) in [4.78, 5) is 25.4. The van der Waals surface area contributed by atoms with E-state index in [1.54, 1.807) is 12.1 Å². The van der Waals surface area contributed by atoms with Gasteiger partial charge in [-0.3, -0.25) is 9.59 Å². The number of hydrogen-bond acceptors (Lipinski definition) is 3. The Morgan fingerprint density at radius 1 is 1.05 bits per heavy atom. The Bertz CT molecular complexity index is 741. The lowest BCUT2D eigenvalue weighted by atomic mass is 10.1. The van der Waals surface area contributed by atoms with E-state index in [9.17, 15) is 14.0 Å². The molecule has 0 spiro atoms. The normalized spacial score (nSPS) is 13.6. The van der Waals surface area contributed by atoms with Gasteiger partial charge >= 0.3 is 0 Å². The first kappa shape index (κ1) is 13.6. The van der Waals surface area contributed by atoms with Crippen molar-refractivity contribution < 1.29 is 18.7 Å². The van der Waals surface area contributed by atoms with E-state index in [0.29, 0.717) is 0 Å². The van der Waals surface area contributed by atoms with Crippen LogP contribution in [0, 0.1) is 5.82 Å². The third-order valence-electron chi connectivity index (χ3n) is 3.27. The zero-order valence-electron chi connectivity index (χ0n) is 10.9. The minimum Gasteiger partial charge on any atom is -0.492 e. The molecule has 6 heteroatoms. The van der Waals surface area contributed by atoms with Crippen LogP contribution in [0.2, 0.25) is 5.02 Å². The van der Waals surface area contributed by atoms with Crippen LogP contribution in [0.15, 0.2) is 36.4 Å². The predicted molar refractivity (Wildman–Crippen MR) is 75.5 cm³/mol. The zero-order chi connectivity index (χ0) is 15.1. The highest BCUT2D eigenvalue weighted by atomic mass is 35.5. The molecule has 0 bridgehead atoms. The molecule has 21 heavy (non-hydrogen) atoms. The van der Waals surface area contributed by atoms with Gasteiger partial charge in [0.05, 0.1) is 28.9 Å². The van der Waals surface area contributed by atoms with E-state index in [1.807, 2.05) is 0 Å². The molecule has 3 rings (SSSR count). The first-order chi connectivity index (χ1) is 10.1. The van der Waals surface area contributed by atoms with Gasteiger partial charge < -0.3 is 4.74 Å². The van der Waals surface area contributed by atoms with E-state index < -0.39 is 17.6 Å². The molecule has 4 nitrogen and oxygen atoms in total. The Kier molecular flexibility index (Phi) is 3.14. The number of anilines is 1. The van der Waals surface area contributed by atoms with Crippen molar-refractivity contribution in [2.45, 2.75) is 0 Å². The number of halogens is 2. The summed E-state index contributed by atoms with van der Waals surface area (Å²) < 4.78 is 19.3. The molecule has 0 aromatic heterocycles. The molecule has 1 aliphatic heterocycles. The summed E-state index contributed by atoms with van der Waals surface area (Å²) >= 11 is 5.82. The average Bonchev–Trinajstić information content (AvgIpc) is 2.73. The molecule has 2 aromatic rings. The molecule has 106 valence electrons. The van der Waals surface area contributed by atoms with Gasteiger partial charge in [-0.15, -0.1) is 0 Å². The lowest BCUT2D eigenvalue weighted by Gasteiger charge is -2.16. The van der Waals surface area contributed by atoms with Gasteiger partial charge in [-0.25, -0.2) is 9.29 Å². The Morgan fingerprint density at radius 3 is 2.14 bits per heavy atom. The first-order valence-electron chi connectivity index (χ1n) is 6.06. The van der Waals surface area contributed by atoms with Crippen molar-refractivity contribution in [3.8, 4) is 5.75 Å². The quantitative estimate of drug-likeness (QED) is 0.800. The summed E-state index contributed by atoms with van der Waals surface area (Å²) in [7, 11) is 1.26. The maximum atomic E-state index is 14.4. The van der Waals surface area contributed by atoms with Crippen LogP contribution >= 0.6 is 11.6 Å². The molecule has 0 saturated heterocycles. The van der Waals surface area contributed by atoms with E-state index in [0.717, 1.165) is 4.90 Å². The Morgan fingerprint density at radius 2 is 1.62 bits per heavy atom. The molecule has 0 N–H and O–H groups in total. The van der Waals surface area contributed by atoms with Crippen molar-refractivity contribution >= 4 is 29.1 Å².